The number of nitrogens with one attached hydrogen (secondary N) is 2. The number of amides is 2. The van der Waals surface area contributed by atoms with Gasteiger partial charge in [0.2, 0.25) is 5.91 Å². The molecule has 3 aromatic carbocycles. The molecule has 1 aromatic heterocycles. The minimum Gasteiger partial charge on any atom is -0.497 e. The molecule has 2 amide bonds. The van der Waals surface area contributed by atoms with Crippen LogP contribution in [-0.4, -0.2) is 25.5 Å². The molecule has 0 aliphatic heterocycles. The largest absolute Gasteiger partial charge is 0.497 e. The fourth-order valence-corrected chi connectivity index (χ4v) is 4.09. The van der Waals surface area contributed by atoms with Crippen molar-refractivity contribution in [3.63, 3.8) is 0 Å². The standard InChI is InChI=1S/C29H28N2O5/c1-19-22-13-12-21(35-2)18-26(22)36-29(34)23(19)14-15-27(32)31-25-11-7-6-10-24(25)28(33)30-17-16-20-8-4-3-5-9-20/h3-13,18H,14-17H2,1-2H3,(H,30,33)(H,31,32). The minimum atomic E-state index is -0.473. The summed E-state index contributed by atoms with van der Waals surface area (Å²) in [7, 11) is 1.55. The number of fused-ring (bicyclic) bond motifs is 1. The third-order valence-corrected chi connectivity index (χ3v) is 6.08. The molecule has 7 nitrogen and oxygen atoms in total. The summed E-state index contributed by atoms with van der Waals surface area (Å²) >= 11 is 0. The zero-order chi connectivity index (χ0) is 25.5. The predicted molar refractivity (Wildman–Crippen MR) is 140 cm³/mol. The number of aryl methyl sites for hydroxylation is 1. The van der Waals surface area contributed by atoms with Crippen LogP contribution in [0.3, 0.4) is 0 Å². The van der Waals surface area contributed by atoms with Crippen molar-refractivity contribution in [2.75, 3.05) is 19.0 Å². The molecular weight excluding hydrogens is 456 g/mol. The molecule has 36 heavy (non-hydrogen) atoms. The highest BCUT2D eigenvalue weighted by atomic mass is 16.5. The Bertz CT molecular complexity index is 1440. The van der Waals surface area contributed by atoms with Crippen LogP contribution < -0.4 is 21.0 Å². The van der Waals surface area contributed by atoms with Crippen molar-refractivity contribution in [2.45, 2.75) is 26.2 Å². The van der Waals surface area contributed by atoms with Gasteiger partial charge in [0.1, 0.15) is 11.3 Å². The van der Waals surface area contributed by atoms with Gasteiger partial charge in [0.15, 0.2) is 0 Å². The Balaban J connectivity index is 1.40. The topological polar surface area (TPSA) is 97.6 Å². The average molecular weight is 485 g/mol. The van der Waals surface area contributed by atoms with E-state index in [0.717, 1.165) is 16.5 Å². The van der Waals surface area contributed by atoms with Crippen molar-refractivity contribution in [1.82, 2.24) is 5.32 Å². The number of anilines is 1. The molecule has 1 heterocycles. The van der Waals surface area contributed by atoms with E-state index in [0.29, 0.717) is 41.1 Å². The Morgan fingerprint density at radius 2 is 1.69 bits per heavy atom. The van der Waals surface area contributed by atoms with E-state index in [1.54, 1.807) is 43.5 Å². The fourth-order valence-electron chi connectivity index (χ4n) is 4.09. The molecule has 0 aliphatic rings. The number of ether oxygens (including phenoxy) is 1. The van der Waals surface area contributed by atoms with Crippen molar-refractivity contribution in [3.05, 3.63) is 105 Å². The van der Waals surface area contributed by atoms with Gasteiger partial charge in [-0.3, -0.25) is 9.59 Å². The summed E-state index contributed by atoms with van der Waals surface area (Å²) in [6, 6.07) is 22.1. The summed E-state index contributed by atoms with van der Waals surface area (Å²) in [5.41, 5.74) is 3.14. The lowest BCUT2D eigenvalue weighted by Crippen LogP contribution is -2.27. The molecule has 184 valence electrons. The maximum absolute atomic E-state index is 12.8. The highest BCUT2D eigenvalue weighted by Gasteiger charge is 2.16. The molecular formula is C29H28N2O5. The van der Waals surface area contributed by atoms with Gasteiger partial charge in [0.25, 0.3) is 5.91 Å². The van der Waals surface area contributed by atoms with Crippen LogP contribution in [0.5, 0.6) is 5.75 Å². The maximum Gasteiger partial charge on any atom is 0.339 e. The number of carbonyl (C=O) groups excluding carboxylic acids is 2. The van der Waals surface area contributed by atoms with Gasteiger partial charge in [-0.15, -0.1) is 0 Å². The van der Waals surface area contributed by atoms with Gasteiger partial charge < -0.3 is 19.8 Å². The van der Waals surface area contributed by atoms with Gasteiger partial charge >= 0.3 is 5.63 Å². The van der Waals surface area contributed by atoms with E-state index in [4.69, 9.17) is 9.15 Å². The molecule has 0 aliphatic carbocycles. The Kier molecular flexibility index (Phi) is 7.80. The van der Waals surface area contributed by atoms with E-state index >= 15 is 0 Å². The smallest absolute Gasteiger partial charge is 0.339 e. The van der Waals surface area contributed by atoms with E-state index in [1.807, 2.05) is 43.3 Å². The van der Waals surface area contributed by atoms with Crippen molar-refractivity contribution in [1.29, 1.82) is 0 Å². The molecule has 0 saturated carbocycles. The first-order chi connectivity index (χ1) is 17.5. The van der Waals surface area contributed by atoms with E-state index in [1.165, 1.54) is 0 Å². The third kappa shape index (κ3) is 5.81. The summed E-state index contributed by atoms with van der Waals surface area (Å²) in [5.74, 6) is 0.0383. The molecule has 0 spiro atoms. The van der Waals surface area contributed by atoms with E-state index < -0.39 is 5.63 Å². The zero-order valence-corrected chi connectivity index (χ0v) is 20.3. The van der Waals surface area contributed by atoms with Gasteiger partial charge in [0.05, 0.1) is 18.4 Å². The normalized spacial score (nSPS) is 10.7. The van der Waals surface area contributed by atoms with Crippen LogP contribution in [0.2, 0.25) is 0 Å². The Morgan fingerprint density at radius 3 is 2.47 bits per heavy atom. The molecule has 2 N–H and O–H groups in total. The van der Waals surface area contributed by atoms with Crippen LogP contribution in [0, 0.1) is 6.92 Å². The van der Waals surface area contributed by atoms with Gasteiger partial charge in [-0.05, 0) is 55.2 Å². The summed E-state index contributed by atoms with van der Waals surface area (Å²) in [4.78, 5) is 38.1. The highest BCUT2D eigenvalue weighted by Crippen LogP contribution is 2.24. The van der Waals surface area contributed by atoms with Crippen molar-refractivity contribution in [3.8, 4) is 5.75 Å². The quantitative estimate of drug-likeness (QED) is 0.337. The molecule has 0 atom stereocenters. The molecule has 7 heteroatoms. The first kappa shape index (κ1) is 24.7. The molecule has 0 radical (unpaired) electrons. The SMILES string of the molecule is COc1ccc2c(C)c(CCC(=O)Nc3ccccc3C(=O)NCCc3ccccc3)c(=O)oc2c1. The van der Waals surface area contributed by atoms with Gasteiger partial charge in [-0.1, -0.05) is 42.5 Å². The van der Waals surface area contributed by atoms with E-state index in [2.05, 4.69) is 10.6 Å². The molecule has 0 fully saturated rings. The van der Waals surface area contributed by atoms with Crippen molar-refractivity contribution < 1.29 is 18.7 Å². The lowest BCUT2D eigenvalue weighted by Gasteiger charge is -2.12. The average Bonchev–Trinajstić information content (AvgIpc) is 2.89. The lowest BCUT2D eigenvalue weighted by molar-refractivity contribution is -0.116. The number of benzene rings is 3. The predicted octanol–water partition coefficient (Wildman–Crippen LogP) is 4.65. The maximum atomic E-state index is 12.8. The summed E-state index contributed by atoms with van der Waals surface area (Å²) in [6.45, 7) is 2.32. The van der Waals surface area contributed by atoms with Crippen molar-refractivity contribution in [2.24, 2.45) is 0 Å². The van der Waals surface area contributed by atoms with Crippen LogP contribution in [0.15, 0.2) is 82.0 Å². The Morgan fingerprint density at radius 1 is 0.944 bits per heavy atom. The second-order valence-electron chi connectivity index (χ2n) is 8.44. The molecule has 4 aromatic rings. The van der Waals surface area contributed by atoms with Crippen LogP contribution in [0.4, 0.5) is 5.69 Å². The number of para-hydroxylation sites is 1. The Hall–Kier alpha value is -4.39. The number of rotatable bonds is 9. The first-order valence-electron chi connectivity index (χ1n) is 11.8. The lowest BCUT2D eigenvalue weighted by atomic mass is 10.0. The molecule has 4 rings (SSSR count). The van der Waals surface area contributed by atoms with Crippen LogP contribution in [0.25, 0.3) is 11.0 Å². The second-order valence-corrected chi connectivity index (χ2v) is 8.44. The third-order valence-electron chi connectivity index (χ3n) is 6.08. The summed E-state index contributed by atoms with van der Waals surface area (Å²) in [5, 5.41) is 6.51. The molecule has 0 bridgehead atoms. The molecule has 0 unspecified atom stereocenters. The fraction of sp³-hybridized carbons (Fsp3) is 0.207. The number of hydrogen-bond acceptors (Lipinski definition) is 5. The monoisotopic (exact) mass is 484 g/mol. The van der Waals surface area contributed by atoms with Crippen molar-refractivity contribution >= 4 is 28.5 Å². The van der Waals surface area contributed by atoms with Crippen LogP contribution >= 0.6 is 0 Å². The van der Waals surface area contributed by atoms with Gasteiger partial charge in [-0.25, -0.2) is 4.79 Å². The van der Waals surface area contributed by atoms with Gasteiger partial charge in [0, 0.05) is 30.0 Å². The number of carbonyl (C=O) groups is 2. The van der Waals surface area contributed by atoms with Crippen LogP contribution in [-0.2, 0) is 17.6 Å². The Labute approximate surface area is 209 Å². The highest BCUT2D eigenvalue weighted by molar-refractivity contribution is 6.03. The number of methoxy groups -OCH3 is 1. The van der Waals surface area contributed by atoms with E-state index in [9.17, 15) is 14.4 Å². The molecule has 0 saturated heterocycles. The first-order valence-corrected chi connectivity index (χ1v) is 11.8. The van der Waals surface area contributed by atoms with E-state index in [-0.39, 0.29) is 24.7 Å². The zero-order valence-electron chi connectivity index (χ0n) is 20.3. The van der Waals surface area contributed by atoms with Gasteiger partial charge in [-0.2, -0.15) is 0 Å². The van der Waals surface area contributed by atoms with Crippen LogP contribution in [0.1, 0.15) is 33.5 Å². The minimum absolute atomic E-state index is 0.0667. The second kappa shape index (κ2) is 11.4. The number of hydrogen-bond donors (Lipinski definition) is 2. The summed E-state index contributed by atoms with van der Waals surface area (Å²) in [6.07, 6.45) is 0.992. The summed E-state index contributed by atoms with van der Waals surface area (Å²) < 4.78 is 10.7.